The zero-order chi connectivity index (χ0) is 25.9. The normalized spacial score (nSPS) is 13.8. The molecule has 4 aromatic rings. The Kier molecular flexibility index (Phi) is 6.93. The van der Waals surface area contributed by atoms with Gasteiger partial charge in [0.15, 0.2) is 11.5 Å². The zero-order valence-corrected chi connectivity index (χ0v) is 20.4. The lowest BCUT2D eigenvalue weighted by atomic mass is 9.95. The number of hydrogen-bond acceptors (Lipinski definition) is 3. The van der Waals surface area contributed by atoms with Crippen molar-refractivity contribution in [1.29, 1.82) is 0 Å². The van der Waals surface area contributed by atoms with Crippen LogP contribution >= 0.6 is 0 Å². The predicted octanol–water partition coefficient (Wildman–Crippen LogP) is 6.52. The number of halogens is 2. The first-order valence-electron chi connectivity index (χ1n) is 12.3. The minimum Gasteiger partial charge on any atom is -0.306 e. The van der Waals surface area contributed by atoms with Crippen molar-refractivity contribution in [1.82, 2.24) is 15.1 Å². The Morgan fingerprint density at radius 3 is 2.70 bits per heavy atom. The summed E-state index contributed by atoms with van der Waals surface area (Å²) < 4.78 is 30.4. The molecule has 0 saturated heterocycles. The average Bonchev–Trinajstić information content (AvgIpc) is 3.65. The standard InChI is InChI=1S/C30H26F2N4O/c1-19-13-28(36(35-19)25-8-4-7-24(17-25)33-2)29(37)15-21-5-3-6-22(14-21)30(34-18-20-9-10-20)26-16-23(31)11-12-27(26)32/h3-8,11-14,16-17,20,30,34H,9-10,15,18H2,1H3. The monoisotopic (exact) mass is 496 g/mol. The molecule has 186 valence electrons. The summed E-state index contributed by atoms with van der Waals surface area (Å²) in [5.41, 5.74) is 4.00. The summed E-state index contributed by atoms with van der Waals surface area (Å²) >= 11 is 0. The molecule has 1 saturated carbocycles. The summed E-state index contributed by atoms with van der Waals surface area (Å²) in [4.78, 5) is 16.9. The van der Waals surface area contributed by atoms with Crippen LogP contribution in [-0.2, 0) is 6.42 Å². The van der Waals surface area contributed by atoms with E-state index in [1.54, 1.807) is 28.9 Å². The molecule has 1 aliphatic carbocycles. The van der Waals surface area contributed by atoms with Crippen molar-refractivity contribution in [2.75, 3.05) is 6.54 Å². The number of nitrogens with zero attached hydrogens (tertiary/aromatic N) is 3. The molecule has 1 aromatic heterocycles. The Morgan fingerprint density at radius 1 is 1.11 bits per heavy atom. The van der Waals surface area contributed by atoms with Gasteiger partial charge in [0.2, 0.25) is 0 Å². The largest absolute Gasteiger partial charge is 0.306 e. The number of ketones is 1. The number of rotatable bonds is 9. The first-order chi connectivity index (χ1) is 17.9. The third-order valence-corrected chi connectivity index (χ3v) is 6.55. The van der Waals surface area contributed by atoms with Crippen LogP contribution in [-0.4, -0.2) is 22.1 Å². The highest BCUT2D eigenvalue weighted by molar-refractivity contribution is 5.96. The van der Waals surface area contributed by atoms with Crippen molar-refractivity contribution in [3.63, 3.8) is 0 Å². The third kappa shape index (κ3) is 5.65. The second kappa shape index (κ2) is 10.5. The molecule has 5 rings (SSSR count). The Balaban J connectivity index is 1.43. The number of aryl methyl sites for hydroxylation is 1. The number of hydrogen-bond donors (Lipinski definition) is 1. The molecule has 1 unspecified atom stereocenters. The van der Waals surface area contributed by atoms with E-state index in [2.05, 4.69) is 15.3 Å². The van der Waals surface area contributed by atoms with Crippen molar-refractivity contribution >= 4 is 11.5 Å². The minimum atomic E-state index is -0.532. The van der Waals surface area contributed by atoms with Crippen molar-refractivity contribution in [2.45, 2.75) is 32.2 Å². The molecule has 1 heterocycles. The first-order valence-corrected chi connectivity index (χ1v) is 12.3. The fraction of sp³-hybridized carbons (Fsp3) is 0.233. The molecule has 0 bridgehead atoms. The van der Waals surface area contributed by atoms with E-state index in [4.69, 9.17) is 6.57 Å². The van der Waals surface area contributed by atoms with Gasteiger partial charge in [-0.15, -0.1) is 0 Å². The first kappa shape index (κ1) is 24.5. The van der Waals surface area contributed by atoms with Gasteiger partial charge < -0.3 is 5.32 Å². The van der Waals surface area contributed by atoms with E-state index in [1.165, 1.54) is 6.07 Å². The lowest BCUT2D eigenvalue weighted by Gasteiger charge is -2.21. The van der Waals surface area contributed by atoms with Gasteiger partial charge in [-0.05, 0) is 79.8 Å². The molecule has 0 spiro atoms. The highest BCUT2D eigenvalue weighted by Crippen LogP contribution is 2.31. The summed E-state index contributed by atoms with van der Waals surface area (Å²) in [5.74, 6) is -0.553. The molecule has 0 amide bonds. The van der Waals surface area contributed by atoms with Crippen LogP contribution in [0.5, 0.6) is 0 Å². The second-order valence-electron chi connectivity index (χ2n) is 9.51. The van der Waals surface area contributed by atoms with Crippen LogP contribution in [0.25, 0.3) is 10.5 Å². The molecule has 1 atom stereocenters. The molecule has 3 aromatic carbocycles. The number of nitrogens with one attached hydrogen (secondary N) is 1. The molecule has 5 nitrogen and oxygen atoms in total. The molecular formula is C30H26F2N4O. The Bertz CT molecular complexity index is 1500. The molecule has 1 aliphatic rings. The molecule has 0 aliphatic heterocycles. The van der Waals surface area contributed by atoms with Gasteiger partial charge in [-0.3, -0.25) is 4.79 Å². The molecule has 7 heteroatoms. The number of Topliss-reactive ketones (excluding diaryl/α,β-unsaturated/α-hetero) is 1. The molecule has 1 fully saturated rings. The predicted molar refractivity (Wildman–Crippen MR) is 138 cm³/mol. The van der Waals surface area contributed by atoms with Gasteiger partial charge in [-0.1, -0.05) is 36.4 Å². The lowest BCUT2D eigenvalue weighted by Crippen LogP contribution is -2.26. The number of aromatic nitrogens is 2. The van der Waals surface area contributed by atoms with Gasteiger partial charge >= 0.3 is 0 Å². The zero-order valence-electron chi connectivity index (χ0n) is 20.4. The Hall–Kier alpha value is -4.15. The van der Waals surface area contributed by atoms with Crippen molar-refractivity contribution in [2.24, 2.45) is 5.92 Å². The van der Waals surface area contributed by atoms with E-state index < -0.39 is 17.7 Å². The van der Waals surface area contributed by atoms with E-state index in [1.807, 2.05) is 37.3 Å². The molecule has 1 N–H and O–H groups in total. The van der Waals surface area contributed by atoms with Gasteiger partial charge in [0.05, 0.1) is 24.0 Å². The molecular weight excluding hydrogens is 470 g/mol. The van der Waals surface area contributed by atoms with Gasteiger partial charge in [0.1, 0.15) is 17.3 Å². The maximum Gasteiger partial charge on any atom is 0.189 e. The van der Waals surface area contributed by atoms with Crippen LogP contribution in [0.15, 0.2) is 72.8 Å². The van der Waals surface area contributed by atoms with Crippen LogP contribution in [0.2, 0.25) is 0 Å². The molecule has 0 radical (unpaired) electrons. The van der Waals surface area contributed by atoms with E-state index >= 15 is 0 Å². The van der Waals surface area contributed by atoms with Gasteiger partial charge in [0.25, 0.3) is 0 Å². The SMILES string of the molecule is [C-]#[N+]c1cccc(-n2nc(C)cc2C(=O)Cc2cccc(C(NCC3CC3)c3cc(F)ccc3F)c2)c1. The third-order valence-electron chi connectivity index (χ3n) is 6.55. The minimum absolute atomic E-state index is 0.114. The summed E-state index contributed by atoms with van der Waals surface area (Å²) in [6, 6.07) is 19.1. The Morgan fingerprint density at radius 2 is 1.92 bits per heavy atom. The van der Waals surface area contributed by atoms with Crippen LogP contribution in [0.3, 0.4) is 0 Å². The van der Waals surface area contributed by atoms with Crippen molar-refractivity contribution in [3.05, 3.63) is 124 Å². The summed E-state index contributed by atoms with van der Waals surface area (Å²) in [5, 5.41) is 7.88. The highest BCUT2D eigenvalue weighted by atomic mass is 19.1. The van der Waals surface area contributed by atoms with Crippen LogP contribution in [0.4, 0.5) is 14.5 Å². The number of carbonyl (C=O) groups is 1. The Labute approximate surface area is 214 Å². The fourth-order valence-corrected chi connectivity index (χ4v) is 4.50. The van der Waals surface area contributed by atoms with Crippen LogP contribution < -0.4 is 5.32 Å². The quantitative estimate of drug-likeness (QED) is 0.212. The summed E-state index contributed by atoms with van der Waals surface area (Å²) in [6.07, 6.45) is 2.38. The second-order valence-corrected chi connectivity index (χ2v) is 9.51. The highest BCUT2D eigenvalue weighted by Gasteiger charge is 2.25. The summed E-state index contributed by atoms with van der Waals surface area (Å²) in [6.45, 7) is 9.80. The van der Waals surface area contributed by atoms with Crippen LogP contribution in [0.1, 0.15) is 51.8 Å². The van der Waals surface area contributed by atoms with Gasteiger partial charge in [-0.25, -0.2) is 18.3 Å². The molecule has 37 heavy (non-hydrogen) atoms. The lowest BCUT2D eigenvalue weighted by molar-refractivity contribution is 0.0985. The van der Waals surface area contributed by atoms with E-state index in [0.29, 0.717) is 35.2 Å². The number of carbonyl (C=O) groups excluding carboxylic acids is 1. The maximum atomic E-state index is 14.8. The van der Waals surface area contributed by atoms with Gasteiger partial charge in [-0.2, -0.15) is 5.10 Å². The van der Waals surface area contributed by atoms with E-state index in [9.17, 15) is 13.6 Å². The topological polar surface area (TPSA) is 51.3 Å². The van der Waals surface area contributed by atoms with Gasteiger partial charge in [0, 0.05) is 12.0 Å². The summed E-state index contributed by atoms with van der Waals surface area (Å²) in [7, 11) is 0. The smallest absolute Gasteiger partial charge is 0.189 e. The van der Waals surface area contributed by atoms with Crippen molar-refractivity contribution < 1.29 is 13.6 Å². The van der Waals surface area contributed by atoms with E-state index in [-0.39, 0.29) is 17.8 Å². The van der Waals surface area contributed by atoms with E-state index in [0.717, 1.165) is 36.1 Å². The van der Waals surface area contributed by atoms with Crippen molar-refractivity contribution in [3.8, 4) is 5.69 Å². The maximum absolute atomic E-state index is 14.8. The van der Waals surface area contributed by atoms with Crippen LogP contribution in [0, 0.1) is 31.0 Å². The number of benzene rings is 3. The fourth-order valence-electron chi connectivity index (χ4n) is 4.50. The average molecular weight is 497 g/mol.